The zero-order chi connectivity index (χ0) is 12.4. The van der Waals surface area contributed by atoms with E-state index < -0.39 is 6.92 Å². The number of rotatable bonds is 2. The molecule has 0 unspecified atom stereocenters. The molecule has 3 heteroatoms. The lowest BCUT2D eigenvalue weighted by atomic mass is 9.56. The van der Waals surface area contributed by atoms with Crippen LogP contribution in [0.15, 0.2) is 42.5 Å². The molecule has 0 aliphatic carbocycles. The zero-order valence-corrected chi connectivity index (χ0v) is 10.7. The molecule has 86 valence electrons. The van der Waals surface area contributed by atoms with Crippen LogP contribution >= 0.6 is 11.6 Å². The Kier molecular flexibility index (Phi) is 3.56. The van der Waals surface area contributed by atoms with Crippen molar-refractivity contribution < 1.29 is 5.02 Å². The average Bonchev–Trinajstić information content (AvgIpc) is 2.32. The predicted molar refractivity (Wildman–Crippen MR) is 74.6 cm³/mol. The first-order chi connectivity index (χ1) is 8.08. The molecule has 0 aromatic heterocycles. The van der Waals surface area contributed by atoms with E-state index in [-0.39, 0.29) is 0 Å². The second-order valence-electron chi connectivity index (χ2n) is 4.33. The number of hydrogen-bond acceptors (Lipinski definition) is 1. The third-order valence-electron chi connectivity index (χ3n) is 2.87. The van der Waals surface area contributed by atoms with Crippen LogP contribution in [0.3, 0.4) is 0 Å². The number of aryl methyl sites for hydroxylation is 2. The molecule has 2 aromatic carbocycles. The van der Waals surface area contributed by atoms with Crippen LogP contribution < -0.4 is 10.9 Å². The van der Waals surface area contributed by atoms with E-state index in [2.05, 4.69) is 0 Å². The summed E-state index contributed by atoms with van der Waals surface area (Å²) in [6, 6.07) is 13.5. The predicted octanol–water partition coefficient (Wildman–Crippen LogP) is 2.05. The van der Waals surface area contributed by atoms with Gasteiger partial charge < -0.3 is 5.02 Å². The Hall–Kier alpha value is -1.25. The summed E-state index contributed by atoms with van der Waals surface area (Å²) in [6.45, 7) is 3.34. The van der Waals surface area contributed by atoms with E-state index in [1.54, 1.807) is 0 Å². The molecule has 1 N–H and O–H groups in total. The van der Waals surface area contributed by atoms with Crippen LogP contribution in [0, 0.1) is 13.8 Å². The summed E-state index contributed by atoms with van der Waals surface area (Å²) in [5.41, 5.74) is 3.88. The minimum Gasteiger partial charge on any atom is -0.443 e. The monoisotopic (exact) mass is 244 g/mol. The van der Waals surface area contributed by atoms with Gasteiger partial charge >= 0.3 is 6.92 Å². The quantitative estimate of drug-likeness (QED) is 0.802. The number of benzene rings is 2. The van der Waals surface area contributed by atoms with Crippen molar-refractivity contribution in [2.75, 3.05) is 0 Å². The molecule has 2 aromatic rings. The Morgan fingerprint density at radius 3 is 2.35 bits per heavy atom. The molecule has 0 heterocycles. The standard InChI is InChI=1S/C14H14BClO/c1-10-4-3-5-12(8-10)15(17)13-7-6-11(2)14(16)9-13/h3-9,17H,1-2H3. The van der Waals surface area contributed by atoms with E-state index in [4.69, 9.17) is 11.6 Å². The molecule has 0 spiro atoms. The van der Waals surface area contributed by atoms with Gasteiger partial charge in [-0.2, -0.15) is 0 Å². The van der Waals surface area contributed by atoms with Crippen molar-refractivity contribution in [3.63, 3.8) is 0 Å². The number of hydrogen-bond donors (Lipinski definition) is 1. The fraction of sp³-hybridized carbons (Fsp3) is 0.143. The molecular weight excluding hydrogens is 230 g/mol. The van der Waals surface area contributed by atoms with Gasteiger partial charge in [0, 0.05) is 5.02 Å². The molecular formula is C14H14BClO. The molecule has 0 saturated heterocycles. The third kappa shape index (κ3) is 2.71. The van der Waals surface area contributed by atoms with Crippen molar-refractivity contribution >= 4 is 29.4 Å². The van der Waals surface area contributed by atoms with Crippen molar-refractivity contribution in [2.24, 2.45) is 0 Å². The summed E-state index contributed by atoms with van der Waals surface area (Å²) in [5.74, 6) is 0. The largest absolute Gasteiger partial charge is 0.443 e. The SMILES string of the molecule is Cc1cccc(B(O)c2ccc(C)c(Cl)c2)c1. The lowest BCUT2D eigenvalue weighted by Gasteiger charge is -2.09. The second-order valence-corrected chi connectivity index (χ2v) is 4.73. The normalized spacial score (nSPS) is 10.4. The van der Waals surface area contributed by atoms with Crippen LogP contribution in [0.2, 0.25) is 5.02 Å². The number of halogens is 1. The average molecular weight is 245 g/mol. The van der Waals surface area contributed by atoms with Gasteiger partial charge in [-0.05, 0) is 36.4 Å². The van der Waals surface area contributed by atoms with Gasteiger partial charge in [0.05, 0.1) is 0 Å². The molecule has 1 nitrogen and oxygen atoms in total. The molecule has 2 rings (SSSR count). The van der Waals surface area contributed by atoms with Gasteiger partial charge in [0.2, 0.25) is 0 Å². The Balaban J connectivity index is 2.36. The van der Waals surface area contributed by atoms with Crippen molar-refractivity contribution in [1.29, 1.82) is 0 Å². The third-order valence-corrected chi connectivity index (χ3v) is 3.28. The highest BCUT2D eigenvalue weighted by molar-refractivity contribution is 6.79. The Bertz CT molecular complexity index is 539. The van der Waals surface area contributed by atoms with E-state index >= 15 is 0 Å². The first-order valence-corrected chi connectivity index (χ1v) is 5.96. The molecule has 0 fully saturated rings. The van der Waals surface area contributed by atoms with Gasteiger partial charge in [0.25, 0.3) is 0 Å². The maximum Gasteiger partial charge on any atom is 0.359 e. The van der Waals surface area contributed by atoms with Crippen LogP contribution in [0.4, 0.5) is 0 Å². The minimum atomic E-state index is -0.618. The molecule has 0 amide bonds. The van der Waals surface area contributed by atoms with Crippen molar-refractivity contribution in [3.8, 4) is 0 Å². The molecule has 0 aliphatic heterocycles. The zero-order valence-electron chi connectivity index (χ0n) is 9.94. The van der Waals surface area contributed by atoms with Crippen LogP contribution in [-0.2, 0) is 0 Å². The van der Waals surface area contributed by atoms with Crippen LogP contribution in [0.1, 0.15) is 11.1 Å². The molecule has 0 atom stereocenters. The molecule has 0 radical (unpaired) electrons. The van der Waals surface area contributed by atoms with Crippen LogP contribution in [0.25, 0.3) is 0 Å². The summed E-state index contributed by atoms with van der Waals surface area (Å²) in [4.78, 5) is 0. The molecule has 0 saturated carbocycles. The molecule has 0 bridgehead atoms. The van der Waals surface area contributed by atoms with E-state index in [9.17, 15) is 5.02 Å². The summed E-state index contributed by atoms with van der Waals surface area (Å²) >= 11 is 6.07. The van der Waals surface area contributed by atoms with E-state index in [1.807, 2.05) is 56.3 Å². The van der Waals surface area contributed by atoms with E-state index in [1.165, 1.54) is 0 Å². The summed E-state index contributed by atoms with van der Waals surface area (Å²) in [6.07, 6.45) is 0. The summed E-state index contributed by atoms with van der Waals surface area (Å²) < 4.78 is 0. The molecule has 0 aliphatic rings. The highest BCUT2D eigenvalue weighted by Gasteiger charge is 2.17. The Morgan fingerprint density at radius 2 is 1.71 bits per heavy atom. The molecule has 17 heavy (non-hydrogen) atoms. The lowest BCUT2D eigenvalue weighted by Crippen LogP contribution is -2.42. The maximum atomic E-state index is 10.3. The van der Waals surface area contributed by atoms with Gasteiger partial charge in [0.15, 0.2) is 0 Å². The van der Waals surface area contributed by atoms with Gasteiger partial charge in [-0.3, -0.25) is 0 Å². The fourth-order valence-corrected chi connectivity index (χ4v) is 2.00. The highest BCUT2D eigenvalue weighted by atomic mass is 35.5. The second kappa shape index (κ2) is 4.95. The van der Waals surface area contributed by atoms with Gasteiger partial charge in [-0.25, -0.2) is 0 Å². The van der Waals surface area contributed by atoms with E-state index in [0.29, 0.717) is 5.02 Å². The van der Waals surface area contributed by atoms with Crippen LogP contribution in [0.5, 0.6) is 0 Å². The van der Waals surface area contributed by atoms with Gasteiger partial charge in [-0.15, -0.1) is 0 Å². The minimum absolute atomic E-state index is 0.618. The van der Waals surface area contributed by atoms with Crippen molar-refractivity contribution in [1.82, 2.24) is 0 Å². The smallest absolute Gasteiger partial charge is 0.359 e. The Labute approximate surface area is 107 Å². The van der Waals surface area contributed by atoms with Gasteiger partial charge in [-0.1, -0.05) is 53.6 Å². The Morgan fingerprint density at radius 1 is 1.00 bits per heavy atom. The first kappa shape index (κ1) is 12.2. The van der Waals surface area contributed by atoms with E-state index in [0.717, 1.165) is 22.1 Å². The fourth-order valence-electron chi connectivity index (χ4n) is 1.81. The lowest BCUT2D eigenvalue weighted by molar-refractivity contribution is 0.600. The van der Waals surface area contributed by atoms with Crippen LogP contribution in [-0.4, -0.2) is 11.9 Å². The topological polar surface area (TPSA) is 20.2 Å². The van der Waals surface area contributed by atoms with Crippen molar-refractivity contribution in [2.45, 2.75) is 13.8 Å². The highest BCUT2D eigenvalue weighted by Crippen LogP contribution is 2.12. The summed E-state index contributed by atoms with van der Waals surface area (Å²) in [7, 11) is 0. The first-order valence-electron chi connectivity index (χ1n) is 5.58. The summed E-state index contributed by atoms with van der Waals surface area (Å²) in [5, 5.41) is 11.0. The maximum absolute atomic E-state index is 10.3. The van der Waals surface area contributed by atoms with Gasteiger partial charge in [0.1, 0.15) is 0 Å². The van der Waals surface area contributed by atoms with Crippen molar-refractivity contribution in [3.05, 3.63) is 58.6 Å².